The first-order chi connectivity index (χ1) is 28.1. The molecule has 0 saturated carbocycles. The minimum Gasteiger partial charge on any atom is -0.264 e. The minimum atomic E-state index is 0.591. The molecule has 0 spiro atoms. The van der Waals surface area contributed by atoms with Crippen molar-refractivity contribution < 1.29 is 0 Å². The molecule has 0 amide bonds. The topological polar surface area (TPSA) is 75.3 Å². The molecule has 10 aromatic rings. The Morgan fingerprint density at radius 3 is 1.46 bits per heavy atom. The fraction of sp³-hybridized carbons (Fsp3) is 0. The summed E-state index contributed by atoms with van der Waals surface area (Å²) in [6.45, 7) is 0. The molecule has 10 rings (SSSR count). The quantitative estimate of drug-likeness (QED) is 0.162. The third-order valence-corrected chi connectivity index (χ3v) is 11.4. The van der Waals surface area contributed by atoms with Crippen LogP contribution in [0.15, 0.2) is 188 Å². The Hall–Kier alpha value is -7.59. The predicted molar refractivity (Wildman–Crippen MR) is 233 cm³/mol. The van der Waals surface area contributed by atoms with E-state index in [0.29, 0.717) is 23.0 Å². The van der Waals surface area contributed by atoms with E-state index in [2.05, 4.69) is 132 Å². The number of pyridine rings is 1. The number of fused-ring (bicyclic) bond motifs is 3. The first-order valence-corrected chi connectivity index (χ1v) is 19.5. The van der Waals surface area contributed by atoms with Crippen LogP contribution in [0.1, 0.15) is 5.56 Å². The van der Waals surface area contributed by atoms with E-state index in [1.165, 1.54) is 5.39 Å². The summed E-state index contributed by atoms with van der Waals surface area (Å²) in [5.74, 6) is 1.81. The maximum absolute atomic E-state index is 9.53. The molecular formula is C51H31N5S. The molecule has 3 aromatic heterocycles. The molecule has 0 atom stereocenters. The molecule has 0 fully saturated rings. The second-order valence-corrected chi connectivity index (χ2v) is 15.0. The second-order valence-electron chi connectivity index (χ2n) is 13.9. The van der Waals surface area contributed by atoms with Gasteiger partial charge >= 0.3 is 0 Å². The number of benzene rings is 7. The molecule has 0 N–H and O–H groups in total. The summed E-state index contributed by atoms with van der Waals surface area (Å²) in [5.41, 5.74) is 12.1. The number of thiophene rings is 1. The van der Waals surface area contributed by atoms with Gasteiger partial charge in [-0.1, -0.05) is 133 Å². The van der Waals surface area contributed by atoms with Gasteiger partial charge in [-0.2, -0.15) is 5.26 Å². The molecule has 3 heterocycles. The van der Waals surface area contributed by atoms with Gasteiger partial charge in [-0.05, 0) is 87.0 Å². The molecule has 0 aliphatic carbocycles. The number of hydrogen-bond acceptors (Lipinski definition) is 6. The van der Waals surface area contributed by atoms with Crippen LogP contribution >= 0.6 is 11.3 Å². The van der Waals surface area contributed by atoms with Crippen LogP contribution in [0.5, 0.6) is 0 Å². The summed E-state index contributed by atoms with van der Waals surface area (Å²) >= 11 is 1.71. The highest BCUT2D eigenvalue weighted by Crippen LogP contribution is 2.39. The van der Waals surface area contributed by atoms with Crippen molar-refractivity contribution in [2.75, 3.05) is 0 Å². The van der Waals surface area contributed by atoms with E-state index in [0.717, 1.165) is 76.0 Å². The lowest BCUT2D eigenvalue weighted by molar-refractivity contribution is 1.07. The Morgan fingerprint density at radius 1 is 0.368 bits per heavy atom. The van der Waals surface area contributed by atoms with E-state index in [4.69, 9.17) is 15.0 Å². The van der Waals surface area contributed by atoms with Gasteiger partial charge in [-0.3, -0.25) is 4.98 Å². The SMILES string of the molecule is N#Cc1ccc2c(c1)sc1cc(-c3cc(-c4ccc(-c5cccnc5)cc4)cc(-c4nc(-c5ccccc5)nc(-c5ccc(-c6ccccc6)cc5)n4)c3)ccc12. The molecule has 0 aliphatic rings. The fourth-order valence-corrected chi connectivity index (χ4v) is 8.48. The van der Waals surface area contributed by atoms with Gasteiger partial charge in [-0.25, -0.2) is 15.0 Å². The normalized spacial score (nSPS) is 11.1. The Bertz CT molecular complexity index is 3100. The van der Waals surface area contributed by atoms with Gasteiger partial charge in [0.25, 0.3) is 0 Å². The van der Waals surface area contributed by atoms with Gasteiger partial charge in [0.1, 0.15) is 0 Å². The zero-order chi connectivity index (χ0) is 38.1. The maximum atomic E-state index is 9.53. The van der Waals surface area contributed by atoms with Crippen LogP contribution < -0.4 is 0 Å². The smallest absolute Gasteiger partial charge is 0.164 e. The van der Waals surface area contributed by atoms with Crippen molar-refractivity contribution in [3.8, 4) is 84.7 Å². The van der Waals surface area contributed by atoms with Crippen molar-refractivity contribution in [1.82, 2.24) is 19.9 Å². The third kappa shape index (κ3) is 6.74. The molecular weight excluding hydrogens is 715 g/mol. The van der Waals surface area contributed by atoms with E-state index >= 15 is 0 Å². The van der Waals surface area contributed by atoms with Crippen LogP contribution in [0.2, 0.25) is 0 Å². The molecule has 0 unspecified atom stereocenters. The number of nitriles is 1. The number of nitrogens with zero attached hydrogens (tertiary/aromatic N) is 5. The van der Waals surface area contributed by atoms with Gasteiger partial charge in [0.2, 0.25) is 0 Å². The zero-order valence-corrected chi connectivity index (χ0v) is 31.4. The molecule has 0 aliphatic heterocycles. The van der Waals surface area contributed by atoms with E-state index < -0.39 is 0 Å². The molecule has 0 bridgehead atoms. The van der Waals surface area contributed by atoms with Crippen molar-refractivity contribution in [2.45, 2.75) is 0 Å². The Labute approximate surface area is 333 Å². The second kappa shape index (κ2) is 14.6. The van der Waals surface area contributed by atoms with Crippen molar-refractivity contribution in [3.05, 3.63) is 194 Å². The molecule has 5 nitrogen and oxygen atoms in total. The summed E-state index contributed by atoms with van der Waals surface area (Å²) < 4.78 is 2.27. The standard InChI is InChI=1S/C51H31N5S/c52-31-33-13-23-45-46-24-22-40(30-48(46)57-47(45)26-33)43-27-42(37-16-14-36(15-17-37)41-12-7-25-53-32-41)28-44(29-43)51-55-49(38-10-5-2-6-11-38)54-50(56-51)39-20-18-35(19-21-39)34-8-3-1-4-9-34/h1-30,32H. The summed E-state index contributed by atoms with van der Waals surface area (Å²) in [5, 5.41) is 11.9. The first-order valence-electron chi connectivity index (χ1n) is 18.7. The zero-order valence-electron chi connectivity index (χ0n) is 30.5. The van der Waals surface area contributed by atoms with Crippen LogP contribution in [0.3, 0.4) is 0 Å². The average molecular weight is 746 g/mol. The van der Waals surface area contributed by atoms with Crippen LogP contribution in [0, 0.1) is 11.3 Å². The molecule has 6 heteroatoms. The molecule has 57 heavy (non-hydrogen) atoms. The van der Waals surface area contributed by atoms with Gasteiger partial charge in [-0.15, -0.1) is 11.3 Å². The fourth-order valence-electron chi connectivity index (χ4n) is 7.30. The Kier molecular flexibility index (Phi) is 8.68. The van der Waals surface area contributed by atoms with Crippen LogP contribution in [-0.2, 0) is 0 Å². The summed E-state index contributed by atoms with van der Waals surface area (Å²) in [4.78, 5) is 19.6. The predicted octanol–water partition coefficient (Wildman–Crippen LogP) is 13.2. The lowest BCUT2D eigenvalue weighted by Crippen LogP contribution is -2.00. The van der Waals surface area contributed by atoms with Crippen LogP contribution in [-0.4, -0.2) is 19.9 Å². The van der Waals surface area contributed by atoms with E-state index in [9.17, 15) is 5.26 Å². The van der Waals surface area contributed by atoms with Crippen molar-refractivity contribution in [2.24, 2.45) is 0 Å². The van der Waals surface area contributed by atoms with Crippen LogP contribution in [0.4, 0.5) is 0 Å². The molecule has 266 valence electrons. The average Bonchev–Trinajstić information content (AvgIpc) is 3.67. The number of rotatable bonds is 7. The van der Waals surface area contributed by atoms with Crippen molar-refractivity contribution in [1.29, 1.82) is 5.26 Å². The highest BCUT2D eigenvalue weighted by Gasteiger charge is 2.16. The summed E-state index contributed by atoms with van der Waals surface area (Å²) in [6.07, 6.45) is 3.68. The monoisotopic (exact) mass is 745 g/mol. The highest BCUT2D eigenvalue weighted by atomic mass is 32.1. The lowest BCUT2D eigenvalue weighted by Gasteiger charge is -2.13. The Morgan fingerprint density at radius 2 is 0.825 bits per heavy atom. The highest BCUT2D eigenvalue weighted by molar-refractivity contribution is 7.25. The Balaban J connectivity index is 1.13. The van der Waals surface area contributed by atoms with E-state index in [1.54, 1.807) is 17.5 Å². The van der Waals surface area contributed by atoms with Crippen molar-refractivity contribution >= 4 is 31.5 Å². The van der Waals surface area contributed by atoms with Gasteiger partial charge in [0.05, 0.1) is 11.6 Å². The lowest BCUT2D eigenvalue weighted by atomic mass is 9.94. The largest absolute Gasteiger partial charge is 0.264 e. The first kappa shape index (κ1) is 33.9. The van der Waals surface area contributed by atoms with Gasteiger partial charge < -0.3 is 0 Å². The summed E-state index contributed by atoms with van der Waals surface area (Å²) in [6, 6.07) is 62.9. The van der Waals surface area contributed by atoms with E-state index in [1.807, 2.05) is 60.8 Å². The van der Waals surface area contributed by atoms with Crippen LogP contribution in [0.25, 0.3) is 98.8 Å². The van der Waals surface area contributed by atoms with Gasteiger partial charge in [0, 0.05) is 49.3 Å². The molecule has 0 radical (unpaired) electrons. The van der Waals surface area contributed by atoms with E-state index in [-0.39, 0.29) is 0 Å². The third-order valence-electron chi connectivity index (χ3n) is 10.3. The minimum absolute atomic E-state index is 0.591. The van der Waals surface area contributed by atoms with Crippen molar-refractivity contribution in [3.63, 3.8) is 0 Å². The summed E-state index contributed by atoms with van der Waals surface area (Å²) in [7, 11) is 0. The number of hydrogen-bond donors (Lipinski definition) is 0. The van der Waals surface area contributed by atoms with Gasteiger partial charge in [0.15, 0.2) is 17.5 Å². The maximum Gasteiger partial charge on any atom is 0.164 e. The number of aromatic nitrogens is 4. The molecule has 7 aromatic carbocycles. The molecule has 0 saturated heterocycles.